The van der Waals surface area contributed by atoms with E-state index in [4.69, 9.17) is 11.6 Å². The smallest absolute Gasteiger partial charge is 0.223 e. The van der Waals surface area contributed by atoms with Crippen molar-refractivity contribution in [1.29, 1.82) is 0 Å². The molecule has 1 aliphatic carbocycles. The molecule has 0 unspecified atom stereocenters. The second kappa shape index (κ2) is 8.01. The Morgan fingerprint density at radius 2 is 1.85 bits per heavy atom. The predicted molar refractivity (Wildman–Crippen MR) is 107 cm³/mol. The molecule has 0 atom stereocenters. The van der Waals surface area contributed by atoms with Crippen LogP contribution < -0.4 is 10.2 Å². The largest absolute Gasteiger partial charge is 0.369 e. The molecule has 144 valence electrons. The third-order valence-electron chi connectivity index (χ3n) is 5.94. The highest BCUT2D eigenvalue weighted by molar-refractivity contribution is 6.35. The monoisotopic (exact) mass is 389 g/mol. The highest BCUT2D eigenvalue weighted by Crippen LogP contribution is 2.31. The van der Waals surface area contributed by atoms with E-state index >= 15 is 0 Å². The molecule has 4 rings (SSSR count). The highest BCUT2D eigenvalue weighted by Gasteiger charge is 2.27. The molecular formula is C21H25ClFN3O. The number of halogens is 2. The predicted octanol–water partition coefficient (Wildman–Crippen LogP) is 4.69. The number of nitrogens with zero attached hydrogens (tertiary/aromatic N) is 2. The molecule has 2 aromatic rings. The molecule has 2 aliphatic rings. The third kappa shape index (κ3) is 3.88. The molecule has 0 radical (unpaired) electrons. The maximum Gasteiger partial charge on any atom is 0.223 e. The summed E-state index contributed by atoms with van der Waals surface area (Å²) < 4.78 is 15.0. The van der Waals surface area contributed by atoms with Crippen molar-refractivity contribution in [2.45, 2.75) is 51.0 Å². The van der Waals surface area contributed by atoms with Gasteiger partial charge in [0.2, 0.25) is 5.91 Å². The summed E-state index contributed by atoms with van der Waals surface area (Å²) in [4.78, 5) is 18.6. The summed E-state index contributed by atoms with van der Waals surface area (Å²) in [6.45, 7) is 1.44. The van der Waals surface area contributed by atoms with Gasteiger partial charge in [0.05, 0.1) is 10.7 Å². The Morgan fingerprint density at radius 3 is 2.59 bits per heavy atom. The number of benzene rings is 1. The average Bonchev–Trinajstić information content (AvgIpc) is 2.70. The number of pyridine rings is 1. The Kier molecular flexibility index (Phi) is 5.48. The van der Waals surface area contributed by atoms with Crippen molar-refractivity contribution in [1.82, 2.24) is 10.3 Å². The third-order valence-corrected chi connectivity index (χ3v) is 6.27. The number of aromatic nitrogens is 1. The first-order chi connectivity index (χ1) is 13.1. The van der Waals surface area contributed by atoms with Crippen molar-refractivity contribution in [3.63, 3.8) is 0 Å². The van der Waals surface area contributed by atoms with Crippen molar-refractivity contribution in [2.75, 3.05) is 18.0 Å². The molecule has 1 amide bonds. The number of rotatable bonds is 3. The number of amides is 1. The van der Waals surface area contributed by atoms with E-state index in [0.29, 0.717) is 21.6 Å². The molecule has 0 spiro atoms. The summed E-state index contributed by atoms with van der Waals surface area (Å²) in [5.41, 5.74) is 0.877. The van der Waals surface area contributed by atoms with Gasteiger partial charge in [0.15, 0.2) is 5.82 Å². The van der Waals surface area contributed by atoms with Crippen LogP contribution in [0.1, 0.15) is 44.9 Å². The second-order valence-corrected chi connectivity index (χ2v) is 8.10. The van der Waals surface area contributed by atoms with E-state index < -0.39 is 0 Å². The van der Waals surface area contributed by atoms with Gasteiger partial charge in [-0.25, -0.2) is 4.39 Å². The van der Waals surface area contributed by atoms with E-state index in [1.807, 2.05) is 11.0 Å². The number of fused-ring (bicyclic) bond motifs is 1. The lowest BCUT2D eigenvalue weighted by Gasteiger charge is -2.35. The number of carbonyl (C=O) groups excluding carboxylic acids is 1. The normalized spacial score (nSPS) is 19.4. The molecule has 1 aromatic carbocycles. The molecule has 4 nitrogen and oxygen atoms in total. The van der Waals surface area contributed by atoms with Gasteiger partial charge in [-0.1, -0.05) is 30.9 Å². The Bertz CT molecular complexity index is 830. The maximum absolute atomic E-state index is 15.0. The maximum atomic E-state index is 15.0. The van der Waals surface area contributed by atoms with Gasteiger partial charge in [-0.15, -0.1) is 0 Å². The number of nitrogens with one attached hydrogen (secondary N) is 1. The van der Waals surface area contributed by atoms with Crippen LogP contribution in [-0.2, 0) is 4.79 Å². The van der Waals surface area contributed by atoms with Gasteiger partial charge in [-0.05, 0) is 43.9 Å². The first-order valence-corrected chi connectivity index (χ1v) is 10.3. The molecule has 1 saturated heterocycles. The number of anilines is 1. The van der Waals surface area contributed by atoms with E-state index in [1.54, 1.807) is 12.1 Å². The lowest BCUT2D eigenvalue weighted by atomic mass is 9.88. The summed E-state index contributed by atoms with van der Waals surface area (Å²) in [6, 6.07) is 5.47. The van der Waals surface area contributed by atoms with Gasteiger partial charge in [0.1, 0.15) is 5.52 Å². The van der Waals surface area contributed by atoms with Crippen LogP contribution in [0, 0.1) is 11.7 Å². The molecule has 1 aromatic heterocycles. The van der Waals surface area contributed by atoms with Crippen molar-refractivity contribution < 1.29 is 9.18 Å². The van der Waals surface area contributed by atoms with Gasteiger partial charge in [0, 0.05) is 36.6 Å². The average molecular weight is 390 g/mol. The number of hydrogen-bond donors (Lipinski definition) is 1. The standard InChI is InChI=1S/C21H25ClFN3O/c22-17-8-11-24-20-16(17)6-7-18(19(20)23)26-12-9-15(10-13-26)25-21(27)14-4-2-1-3-5-14/h6-8,11,14-15H,1-5,9-10,12-13H2,(H,25,27). The van der Waals surface area contributed by atoms with E-state index in [1.165, 1.54) is 12.6 Å². The Balaban J connectivity index is 1.40. The van der Waals surface area contributed by atoms with Crippen molar-refractivity contribution in [3.8, 4) is 0 Å². The first kappa shape index (κ1) is 18.5. The van der Waals surface area contributed by atoms with E-state index in [0.717, 1.165) is 51.6 Å². The lowest BCUT2D eigenvalue weighted by Crippen LogP contribution is -2.46. The molecule has 2 fully saturated rings. The van der Waals surface area contributed by atoms with Crippen LogP contribution in [-0.4, -0.2) is 30.0 Å². The molecule has 0 bridgehead atoms. The van der Waals surface area contributed by atoms with Gasteiger partial charge < -0.3 is 10.2 Å². The van der Waals surface area contributed by atoms with E-state index in [2.05, 4.69) is 10.3 Å². The van der Waals surface area contributed by atoms with Crippen LogP contribution in [0.5, 0.6) is 0 Å². The van der Waals surface area contributed by atoms with E-state index in [9.17, 15) is 9.18 Å². The zero-order chi connectivity index (χ0) is 18.8. The first-order valence-electron chi connectivity index (χ1n) is 9.91. The summed E-state index contributed by atoms with van der Waals surface area (Å²) >= 11 is 6.14. The van der Waals surface area contributed by atoms with E-state index in [-0.39, 0.29) is 23.7 Å². The van der Waals surface area contributed by atoms with Crippen LogP contribution in [0.3, 0.4) is 0 Å². The molecular weight excluding hydrogens is 365 g/mol. The lowest BCUT2D eigenvalue weighted by molar-refractivity contribution is -0.126. The number of carbonyl (C=O) groups is 1. The van der Waals surface area contributed by atoms with Crippen LogP contribution in [0.25, 0.3) is 10.9 Å². The quantitative estimate of drug-likeness (QED) is 0.828. The van der Waals surface area contributed by atoms with Crippen molar-refractivity contribution in [3.05, 3.63) is 35.2 Å². The summed E-state index contributed by atoms with van der Waals surface area (Å²) in [5.74, 6) is 0.0779. The van der Waals surface area contributed by atoms with Crippen LogP contribution in [0.4, 0.5) is 10.1 Å². The highest BCUT2D eigenvalue weighted by atomic mass is 35.5. The van der Waals surface area contributed by atoms with Crippen molar-refractivity contribution >= 4 is 34.1 Å². The fraction of sp³-hybridized carbons (Fsp3) is 0.524. The zero-order valence-corrected chi connectivity index (χ0v) is 16.1. The van der Waals surface area contributed by atoms with Gasteiger partial charge in [0.25, 0.3) is 0 Å². The SMILES string of the molecule is O=C(NC1CCN(c2ccc3c(Cl)ccnc3c2F)CC1)C1CCCCC1. The molecule has 1 saturated carbocycles. The molecule has 27 heavy (non-hydrogen) atoms. The minimum atomic E-state index is -0.320. The number of piperidine rings is 1. The molecule has 2 heterocycles. The topological polar surface area (TPSA) is 45.2 Å². The van der Waals surface area contributed by atoms with Crippen LogP contribution in [0.2, 0.25) is 5.02 Å². The molecule has 6 heteroatoms. The number of hydrogen-bond acceptors (Lipinski definition) is 3. The fourth-order valence-electron chi connectivity index (χ4n) is 4.33. The molecule has 1 aliphatic heterocycles. The summed E-state index contributed by atoms with van der Waals surface area (Å²) in [5, 5.41) is 4.37. The van der Waals surface area contributed by atoms with Gasteiger partial charge in [-0.2, -0.15) is 0 Å². The zero-order valence-electron chi connectivity index (χ0n) is 15.4. The van der Waals surface area contributed by atoms with Crippen molar-refractivity contribution in [2.24, 2.45) is 5.92 Å². The van der Waals surface area contributed by atoms with Gasteiger partial charge >= 0.3 is 0 Å². The summed E-state index contributed by atoms with van der Waals surface area (Å²) in [7, 11) is 0. The minimum Gasteiger partial charge on any atom is -0.369 e. The van der Waals surface area contributed by atoms with Gasteiger partial charge in [-0.3, -0.25) is 9.78 Å². The summed E-state index contributed by atoms with van der Waals surface area (Å²) in [6.07, 6.45) is 8.80. The fourth-order valence-corrected chi connectivity index (χ4v) is 4.54. The Labute approximate surface area is 164 Å². The second-order valence-electron chi connectivity index (χ2n) is 7.69. The van der Waals surface area contributed by atoms with Crippen LogP contribution >= 0.6 is 11.6 Å². The Morgan fingerprint density at radius 1 is 1.11 bits per heavy atom. The molecule has 1 N–H and O–H groups in total. The minimum absolute atomic E-state index is 0.186. The van der Waals surface area contributed by atoms with Crippen LogP contribution in [0.15, 0.2) is 24.4 Å². The Hall–Kier alpha value is -1.88.